The second-order valence-electron chi connectivity index (χ2n) is 3.82. The van der Waals surface area contributed by atoms with Crippen molar-refractivity contribution in [2.24, 2.45) is 0 Å². The molecule has 1 heterocycles. The molecule has 1 fully saturated rings. The first-order chi connectivity index (χ1) is 7.99. The lowest BCUT2D eigenvalue weighted by Crippen LogP contribution is -2.13. The molecule has 92 valence electrons. The van der Waals surface area contributed by atoms with Crippen molar-refractivity contribution >= 4 is 11.9 Å². The Balaban J connectivity index is 0.000000317. The summed E-state index contributed by atoms with van der Waals surface area (Å²) in [6, 6.07) is 7.08. The topological polar surface area (TPSA) is 86.6 Å². The molecule has 17 heavy (non-hydrogen) atoms. The zero-order valence-corrected chi connectivity index (χ0v) is 9.51. The van der Waals surface area contributed by atoms with Crippen molar-refractivity contribution in [3.8, 4) is 5.75 Å². The van der Waals surface area contributed by atoms with Crippen molar-refractivity contribution in [2.45, 2.75) is 19.3 Å². The van der Waals surface area contributed by atoms with Crippen LogP contribution >= 0.6 is 0 Å². The number of benzene rings is 1. The first-order valence-electron chi connectivity index (χ1n) is 5.24. The van der Waals surface area contributed by atoms with Crippen molar-refractivity contribution in [2.75, 3.05) is 6.54 Å². The summed E-state index contributed by atoms with van der Waals surface area (Å²) in [6.45, 7) is 1.77. The summed E-state index contributed by atoms with van der Waals surface area (Å²) >= 11 is 0. The highest BCUT2D eigenvalue weighted by atomic mass is 16.4. The van der Waals surface area contributed by atoms with E-state index in [0.717, 1.165) is 12.5 Å². The van der Waals surface area contributed by atoms with Gasteiger partial charge in [0.25, 0.3) is 5.97 Å². The van der Waals surface area contributed by atoms with Gasteiger partial charge in [0.15, 0.2) is 0 Å². The maximum Gasteiger partial charge on any atom is 0.300 e. The number of phenolic OH excluding ortho intramolecular Hbond substituents is 1. The SMILES string of the molecule is CC(=O)O.O=C1CC(c2cccc(O)c2)CN1. The lowest BCUT2D eigenvalue weighted by atomic mass is 9.98. The number of carbonyl (C=O) groups is 2. The third-order valence-corrected chi connectivity index (χ3v) is 2.32. The van der Waals surface area contributed by atoms with E-state index in [1.807, 2.05) is 6.07 Å². The van der Waals surface area contributed by atoms with Crippen molar-refractivity contribution in [1.82, 2.24) is 5.32 Å². The highest BCUT2D eigenvalue weighted by molar-refractivity contribution is 5.79. The third kappa shape index (κ3) is 4.55. The van der Waals surface area contributed by atoms with Crippen LogP contribution in [0.1, 0.15) is 24.8 Å². The van der Waals surface area contributed by atoms with E-state index in [0.29, 0.717) is 13.0 Å². The fourth-order valence-electron chi connectivity index (χ4n) is 1.62. The van der Waals surface area contributed by atoms with Gasteiger partial charge in [-0.25, -0.2) is 0 Å². The second-order valence-corrected chi connectivity index (χ2v) is 3.82. The molecule has 0 spiro atoms. The van der Waals surface area contributed by atoms with Gasteiger partial charge in [-0.3, -0.25) is 9.59 Å². The largest absolute Gasteiger partial charge is 0.508 e. The Hall–Kier alpha value is -2.04. The molecule has 0 saturated carbocycles. The zero-order valence-electron chi connectivity index (χ0n) is 9.51. The Kier molecular flexibility index (Phi) is 4.51. The Morgan fingerprint density at radius 3 is 2.59 bits per heavy atom. The van der Waals surface area contributed by atoms with Crippen LogP contribution in [0.5, 0.6) is 5.75 Å². The van der Waals surface area contributed by atoms with Gasteiger partial charge >= 0.3 is 0 Å². The monoisotopic (exact) mass is 237 g/mol. The number of hydrogen-bond donors (Lipinski definition) is 3. The molecule has 0 bridgehead atoms. The first-order valence-corrected chi connectivity index (χ1v) is 5.24. The van der Waals surface area contributed by atoms with Crippen LogP contribution in [0.2, 0.25) is 0 Å². The van der Waals surface area contributed by atoms with Gasteiger partial charge in [0.1, 0.15) is 5.75 Å². The number of aliphatic carboxylic acids is 1. The minimum atomic E-state index is -0.833. The Labute approximate surface area is 99.1 Å². The molecule has 5 nitrogen and oxygen atoms in total. The summed E-state index contributed by atoms with van der Waals surface area (Å²) in [5, 5.41) is 19.4. The number of carboxylic acid groups (broad SMARTS) is 1. The average Bonchev–Trinajstić information content (AvgIpc) is 2.64. The van der Waals surface area contributed by atoms with E-state index in [2.05, 4.69) is 5.32 Å². The summed E-state index contributed by atoms with van der Waals surface area (Å²) in [6.07, 6.45) is 0.531. The predicted octanol–water partition coefficient (Wildman–Crippen LogP) is 1.09. The van der Waals surface area contributed by atoms with E-state index in [9.17, 15) is 9.90 Å². The zero-order chi connectivity index (χ0) is 12.8. The Morgan fingerprint density at radius 2 is 2.12 bits per heavy atom. The molecule has 1 aliphatic rings. The standard InChI is InChI=1S/C10H11NO2.C2H4O2/c12-9-3-1-2-7(4-9)8-5-10(13)11-6-8;1-2(3)4/h1-4,8,12H,5-6H2,(H,11,13);1H3,(H,3,4). The van der Waals surface area contributed by atoms with Crippen LogP contribution in [0, 0.1) is 0 Å². The minimum Gasteiger partial charge on any atom is -0.508 e. The van der Waals surface area contributed by atoms with Crippen LogP contribution in [0.15, 0.2) is 24.3 Å². The number of carbonyl (C=O) groups excluding carboxylic acids is 1. The average molecular weight is 237 g/mol. The fourth-order valence-corrected chi connectivity index (χ4v) is 1.62. The molecule has 0 aliphatic carbocycles. The predicted molar refractivity (Wildman–Crippen MR) is 61.8 cm³/mol. The van der Waals surface area contributed by atoms with Crippen LogP contribution in [-0.2, 0) is 9.59 Å². The number of amides is 1. The highest BCUT2D eigenvalue weighted by Gasteiger charge is 2.22. The molecule has 1 aliphatic heterocycles. The molecule has 3 N–H and O–H groups in total. The molecule has 1 atom stereocenters. The van der Waals surface area contributed by atoms with E-state index in [4.69, 9.17) is 9.90 Å². The quantitative estimate of drug-likeness (QED) is 0.682. The van der Waals surface area contributed by atoms with Crippen LogP contribution in [0.3, 0.4) is 0 Å². The molecule has 1 aromatic rings. The van der Waals surface area contributed by atoms with Crippen molar-refractivity contribution in [1.29, 1.82) is 0 Å². The summed E-state index contributed by atoms with van der Waals surface area (Å²) in [5.74, 6) is -0.259. The van der Waals surface area contributed by atoms with Crippen LogP contribution < -0.4 is 5.32 Å². The van der Waals surface area contributed by atoms with Crippen molar-refractivity contribution in [3.05, 3.63) is 29.8 Å². The molecule has 0 radical (unpaired) electrons. The lowest BCUT2D eigenvalue weighted by Gasteiger charge is -2.06. The van der Waals surface area contributed by atoms with Gasteiger partial charge in [0.2, 0.25) is 5.91 Å². The number of phenols is 1. The Bertz CT molecular complexity index is 413. The second kappa shape index (κ2) is 5.89. The third-order valence-electron chi connectivity index (χ3n) is 2.32. The molecule has 1 amide bonds. The first kappa shape index (κ1) is 13.0. The van der Waals surface area contributed by atoms with E-state index >= 15 is 0 Å². The highest BCUT2D eigenvalue weighted by Crippen LogP contribution is 2.25. The molecule has 0 aromatic heterocycles. The van der Waals surface area contributed by atoms with E-state index < -0.39 is 5.97 Å². The summed E-state index contributed by atoms with van der Waals surface area (Å²) < 4.78 is 0. The summed E-state index contributed by atoms with van der Waals surface area (Å²) in [7, 11) is 0. The van der Waals surface area contributed by atoms with Gasteiger partial charge in [-0.2, -0.15) is 0 Å². The minimum absolute atomic E-state index is 0.0911. The van der Waals surface area contributed by atoms with Gasteiger partial charge in [0, 0.05) is 25.8 Å². The van der Waals surface area contributed by atoms with Gasteiger partial charge in [-0.15, -0.1) is 0 Å². The summed E-state index contributed by atoms with van der Waals surface area (Å²) in [4.78, 5) is 19.9. The number of rotatable bonds is 1. The Morgan fingerprint density at radius 1 is 1.47 bits per heavy atom. The van der Waals surface area contributed by atoms with Crippen LogP contribution in [-0.4, -0.2) is 28.6 Å². The normalized spacial score (nSPS) is 17.9. The van der Waals surface area contributed by atoms with Gasteiger partial charge in [-0.1, -0.05) is 12.1 Å². The smallest absolute Gasteiger partial charge is 0.300 e. The number of nitrogens with one attached hydrogen (secondary N) is 1. The van der Waals surface area contributed by atoms with Gasteiger partial charge in [0.05, 0.1) is 0 Å². The van der Waals surface area contributed by atoms with Gasteiger partial charge in [-0.05, 0) is 17.7 Å². The molecular weight excluding hydrogens is 222 g/mol. The van der Waals surface area contributed by atoms with Crippen molar-refractivity contribution in [3.63, 3.8) is 0 Å². The van der Waals surface area contributed by atoms with E-state index in [1.54, 1.807) is 18.2 Å². The molecule has 5 heteroatoms. The van der Waals surface area contributed by atoms with Crippen molar-refractivity contribution < 1.29 is 19.8 Å². The molecule has 1 saturated heterocycles. The van der Waals surface area contributed by atoms with Gasteiger partial charge < -0.3 is 15.5 Å². The molecule has 1 aromatic carbocycles. The van der Waals surface area contributed by atoms with Crippen LogP contribution in [0.4, 0.5) is 0 Å². The molecular formula is C12H15NO4. The summed E-state index contributed by atoms with van der Waals surface area (Å²) in [5.41, 5.74) is 1.03. The van der Waals surface area contributed by atoms with Crippen LogP contribution in [0.25, 0.3) is 0 Å². The van der Waals surface area contributed by atoms with E-state index in [-0.39, 0.29) is 17.6 Å². The lowest BCUT2D eigenvalue weighted by molar-refractivity contribution is -0.134. The maximum absolute atomic E-state index is 10.9. The number of hydrogen-bond acceptors (Lipinski definition) is 3. The fraction of sp³-hybridized carbons (Fsp3) is 0.333. The van der Waals surface area contributed by atoms with E-state index in [1.165, 1.54) is 0 Å². The number of aromatic hydroxyl groups is 1. The molecule has 1 unspecified atom stereocenters. The molecule has 2 rings (SSSR count). The maximum atomic E-state index is 10.9. The number of carboxylic acids is 1.